The van der Waals surface area contributed by atoms with E-state index in [0.29, 0.717) is 25.4 Å². The summed E-state index contributed by atoms with van der Waals surface area (Å²) in [5, 5.41) is 0. The molecule has 0 saturated heterocycles. The minimum atomic E-state index is 0.103. The molecule has 0 unspecified atom stereocenters. The van der Waals surface area contributed by atoms with Gasteiger partial charge in [-0.1, -0.05) is 32.0 Å². The number of rotatable bonds is 8. The van der Waals surface area contributed by atoms with Gasteiger partial charge >= 0.3 is 0 Å². The van der Waals surface area contributed by atoms with Crippen LogP contribution in [0.3, 0.4) is 0 Å². The van der Waals surface area contributed by atoms with Crippen LogP contribution in [0, 0.1) is 5.92 Å². The molecule has 3 heteroatoms. The van der Waals surface area contributed by atoms with Crippen LogP contribution in [0.2, 0.25) is 0 Å². The van der Waals surface area contributed by atoms with Crippen LogP contribution in [0.5, 0.6) is 5.75 Å². The largest absolute Gasteiger partial charge is 0.491 e. The van der Waals surface area contributed by atoms with Gasteiger partial charge in [0.2, 0.25) is 0 Å². The molecule has 1 aromatic carbocycles. The maximum Gasteiger partial charge on any atom is 0.135 e. The molecular formula is C15H22O3. The molecule has 0 aliphatic heterocycles. The van der Waals surface area contributed by atoms with E-state index < -0.39 is 0 Å². The van der Waals surface area contributed by atoms with Crippen LogP contribution >= 0.6 is 0 Å². The van der Waals surface area contributed by atoms with Gasteiger partial charge in [0.1, 0.15) is 18.1 Å². The highest BCUT2D eigenvalue weighted by Crippen LogP contribution is 2.20. The van der Waals surface area contributed by atoms with Crippen molar-refractivity contribution in [1.82, 2.24) is 0 Å². The van der Waals surface area contributed by atoms with E-state index in [1.54, 1.807) is 7.11 Å². The van der Waals surface area contributed by atoms with Crippen LogP contribution in [-0.4, -0.2) is 26.1 Å². The van der Waals surface area contributed by atoms with E-state index in [2.05, 4.69) is 0 Å². The van der Waals surface area contributed by atoms with E-state index in [1.165, 1.54) is 0 Å². The number of carbonyl (C=O) groups excluding carboxylic acids is 1. The van der Waals surface area contributed by atoms with Crippen molar-refractivity contribution >= 4 is 5.78 Å². The fourth-order valence-electron chi connectivity index (χ4n) is 1.63. The van der Waals surface area contributed by atoms with Gasteiger partial charge in [-0.3, -0.25) is 4.79 Å². The number of aryl methyl sites for hydroxylation is 1. The number of carbonyl (C=O) groups is 1. The lowest BCUT2D eigenvalue weighted by Gasteiger charge is -2.11. The lowest BCUT2D eigenvalue weighted by molar-refractivity contribution is -0.121. The molecule has 0 aliphatic carbocycles. The SMILES string of the molecule is COCCOc1ccccc1CCC(=O)C(C)C. The minimum Gasteiger partial charge on any atom is -0.491 e. The molecular weight excluding hydrogens is 228 g/mol. The van der Waals surface area contributed by atoms with Gasteiger partial charge in [-0.05, 0) is 18.1 Å². The second-order valence-corrected chi connectivity index (χ2v) is 4.57. The van der Waals surface area contributed by atoms with Crippen LogP contribution < -0.4 is 4.74 Å². The van der Waals surface area contributed by atoms with Crippen LogP contribution in [0.25, 0.3) is 0 Å². The normalized spacial score (nSPS) is 10.7. The number of methoxy groups -OCH3 is 1. The zero-order valence-corrected chi connectivity index (χ0v) is 11.4. The molecule has 0 N–H and O–H groups in total. The topological polar surface area (TPSA) is 35.5 Å². The van der Waals surface area contributed by atoms with Gasteiger partial charge < -0.3 is 9.47 Å². The van der Waals surface area contributed by atoms with Crippen molar-refractivity contribution in [3.05, 3.63) is 29.8 Å². The monoisotopic (exact) mass is 250 g/mol. The third-order valence-corrected chi connectivity index (χ3v) is 2.80. The average Bonchev–Trinajstić information content (AvgIpc) is 2.37. The maximum atomic E-state index is 11.6. The standard InChI is InChI=1S/C15H22O3/c1-12(2)14(16)9-8-13-6-4-5-7-15(13)18-11-10-17-3/h4-7,12H,8-11H2,1-3H3. The molecule has 0 spiro atoms. The molecule has 0 amide bonds. The summed E-state index contributed by atoms with van der Waals surface area (Å²) < 4.78 is 10.6. The van der Waals surface area contributed by atoms with Gasteiger partial charge in [-0.15, -0.1) is 0 Å². The van der Waals surface area contributed by atoms with Gasteiger partial charge in [0.25, 0.3) is 0 Å². The summed E-state index contributed by atoms with van der Waals surface area (Å²) in [6, 6.07) is 7.86. The van der Waals surface area contributed by atoms with Crippen molar-refractivity contribution in [2.45, 2.75) is 26.7 Å². The number of hydrogen-bond acceptors (Lipinski definition) is 3. The molecule has 18 heavy (non-hydrogen) atoms. The Balaban J connectivity index is 2.56. The van der Waals surface area contributed by atoms with E-state index in [4.69, 9.17) is 9.47 Å². The number of benzene rings is 1. The fraction of sp³-hybridized carbons (Fsp3) is 0.533. The Morgan fingerprint density at radius 3 is 2.61 bits per heavy atom. The highest BCUT2D eigenvalue weighted by molar-refractivity contribution is 5.80. The van der Waals surface area contributed by atoms with Crippen LogP contribution in [0.15, 0.2) is 24.3 Å². The second-order valence-electron chi connectivity index (χ2n) is 4.57. The van der Waals surface area contributed by atoms with Crippen molar-refractivity contribution in [2.24, 2.45) is 5.92 Å². The lowest BCUT2D eigenvalue weighted by atomic mass is 10.0. The van der Waals surface area contributed by atoms with Crippen LogP contribution in [-0.2, 0) is 16.0 Å². The predicted molar refractivity (Wildman–Crippen MR) is 72.0 cm³/mol. The Morgan fingerprint density at radius 1 is 1.22 bits per heavy atom. The molecule has 100 valence electrons. The Kier molecular flexibility index (Phi) is 6.44. The van der Waals surface area contributed by atoms with Gasteiger partial charge in [0.05, 0.1) is 6.61 Å². The van der Waals surface area contributed by atoms with Crippen LogP contribution in [0.1, 0.15) is 25.8 Å². The summed E-state index contributed by atoms with van der Waals surface area (Å²) in [5.74, 6) is 1.25. The van der Waals surface area contributed by atoms with E-state index in [0.717, 1.165) is 17.7 Å². The molecule has 0 aromatic heterocycles. The zero-order chi connectivity index (χ0) is 13.4. The molecule has 0 atom stereocenters. The molecule has 1 rings (SSSR count). The molecule has 0 aliphatic rings. The van der Waals surface area contributed by atoms with E-state index in [9.17, 15) is 4.79 Å². The molecule has 1 aromatic rings. The third-order valence-electron chi connectivity index (χ3n) is 2.80. The second kappa shape index (κ2) is 7.88. The van der Waals surface area contributed by atoms with Crippen molar-refractivity contribution < 1.29 is 14.3 Å². The number of hydrogen-bond donors (Lipinski definition) is 0. The van der Waals surface area contributed by atoms with Crippen molar-refractivity contribution in [2.75, 3.05) is 20.3 Å². The maximum absolute atomic E-state index is 11.6. The van der Waals surface area contributed by atoms with Crippen molar-refractivity contribution in [3.8, 4) is 5.75 Å². The van der Waals surface area contributed by atoms with Gasteiger partial charge in [-0.2, -0.15) is 0 Å². The summed E-state index contributed by atoms with van der Waals surface area (Å²) in [6.07, 6.45) is 1.31. The molecule has 0 fully saturated rings. The zero-order valence-electron chi connectivity index (χ0n) is 11.4. The molecule has 0 saturated carbocycles. The molecule has 0 radical (unpaired) electrons. The Hall–Kier alpha value is -1.35. The van der Waals surface area contributed by atoms with Crippen molar-refractivity contribution in [3.63, 3.8) is 0 Å². The summed E-state index contributed by atoms with van der Waals surface area (Å²) in [6.45, 7) is 4.97. The van der Waals surface area contributed by atoms with E-state index >= 15 is 0 Å². The Bertz CT molecular complexity index is 372. The minimum absolute atomic E-state index is 0.103. The predicted octanol–water partition coefficient (Wildman–Crippen LogP) is 2.87. The summed E-state index contributed by atoms with van der Waals surface area (Å²) in [4.78, 5) is 11.6. The van der Waals surface area contributed by atoms with Gasteiger partial charge in [-0.25, -0.2) is 0 Å². The first-order valence-corrected chi connectivity index (χ1v) is 6.37. The quantitative estimate of drug-likeness (QED) is 0.665. The average molecular weight is 250 g/mol. The first-order chi connectivity index (χ1) is 8.65. The first kappa shape index (κ1) is 14.7. The third kappa shape index (κ3) is 4.88. The van der Waals surface area contributed by atoms with E-state index in [1.807, 2.05) is 38.1 Å². The summed E-state index contributed by atoms with van der Waals surface area (Å²) in [7, 11) is 1.65. The first-order valence-electron chi connectivity index (χ1n) is 6.37. The summed E-state index contributed by atoms with van der Waals surface area (Å²) >= 11 is 0. The smallest absolute Gasteiger partial charge is 0.135 e. The fourth-order valence-corrected chi connectivity index (χ4v) is 1.63. The summed E-state index contributed by atoms with van der Waals surface area (Å²) in [5.41, 5.74) is 1.09. The Labute approximate surface area is 109 Å². The van der Waals surface area contributed by atoms with E-state index in [-0.39, 0.29) is 5.92 Å². The van der Waals surface area contributed by atoms with Crippen LogP contribution in [0.4, 0.5) is 0 Å². The number of Topliss-reactive ketones (excluding diaryl/α,β-unsaturated/α-hetero) is 1. The highest BCUT2D eigenvalue weighted by Gasteiger charge is 2.09. The van der Waals surface area contributed by atoms with Crippen molar-refractivity contribution in [1.29, 1.82) is 0 Å². The van der Waals surface area contributed by atoms with Gasteiger partial charge in [0.15, 0.2) is 0 Å². The molecule has 0 bridgehead atoms. The number of ether oxygens (including phenoxy) is 2. The molecule has 0 heterocycles. The lowest BCUT2D eigenvalue weighted by Crippen LogP contribution is -2.09. The molecule has 3 nitrogen and oxygen atoms in total. The highest BCUT2D eigenvalue weighted by atomic mass is 16.5. The van der Waals surface area contributed by atoms with Gasteiger partial charge in [0, 0.05) is 19.4 Å². The number of ketones is 1. The Morgan fingerprint density at radius 2 is 1.94 bits per heavy atom. The number of para-hydroxylation sites is 1.